The molecule has 2 nitrogen and oxygen atoms in total. The van der Waals surface area contributed by atoms with Crippen molar-refractivity contribution in [2.45, 2.75) is 51.6 Å². The van der Waals surface area contributed by atoms with Gasteiger partial charge >= 0.3 is 0 Å². The van der Waals surface area contributed by atoms with Crippen molar-refractivity contribution in [1.82, 2.24) is 0 Å². The van der Waals surface area contributed by atoms with Crippen molar-refractivity contribution in [3.8, 4) is 11.5 Å². The zero-order chi connectivity index (χ0) is 11.1. The van der Waals surface area contributed by atoms with Crippen LogP contribution < -0.4 is 0 Å². The maximum atomic E-state index is 5.55. The van der Waals surface area contributed by atoms with E-state index in [0.717, 1.165) is 13.0 Å². The van der Waals surface area contributed by atoms with Gasteiger partial charge in [-0.3, -0.25) is 0 Å². The van der Waals surface area contributed by atoms with E-state index in [-0.39, 0.29) is 6.29 Å². The van der Waals surface area contributed by atoms with E-state index < -0.39 is 8.07 Å². The molecule has 0 aromatic heterocycles. The van der Waals surface area contributed by atoms with Gasteiger partial charge in [0.1, 0.15) is 14.7 Å². The molecule has 1 saturated heterocycles. The monoisotopic (exact) mass is 226 g/mol. The van der Waals surface area contributed by atoms with E-state index >= 15 is 0 Å². The van der Waals surface area contributed by atoms with Gasteiger partial charge in [-0.05, 0) is 25.3 Å². The van der Waals surface area contributed by atoms with Gasteiger partial charge in [0.05, 0.1) is 0 Å². The molecule has 0 spiro atoms. The normalized spacial score (nSPS) is 21.9. The lowest BCUT2D eigenvalue weighted by molar-refractivity contribution is -0.154. The van der Waals surface area contributed by atoms with Crippen molar-refractivity contribution in [3.05, 3.63) is 0 Å². The smallest absolute Gasteiger partial charge is 0.158 e. The first-order valence-electron chi connectivity index (χ1n) is 5.87. The number of rotatable bonds is 3. The summed E-state index contributed by atoms with van der Waals surface area (Å²) in [5.74, 6) is 3.13. The minimum atomic E-state index is -1.25. The van der Waals surface area contributed by atoms with Gasteiger partial charge in [-0.2, -0.15) is 0 Å². The fourth-order valence-electron chi connectivity index (χ4n) is 1.34. The number of hydrogen-bond donors (Lipinski definition) is 0. The largest absolute Gasteiger partial charge is 0.353 e. The fourth-order valence-corrected chi connectivity index (χ4v) is 2.07. The van der Waals surface area contributed by atoms with Crippen LogP contribution in [-0.2, 0) is 9.47 Å². The second kappa shape index (κ2) is 6.32. The van der Waals surface area contributed by atoms with Crippen LogP contribution in [0, 0.1) is 11.5 Å². The van der Waals surface area contributed by atoms with Crippen LogP contribution in [0.15, 0.2) is 0 Å². The minimum absolute atomic E-state index is 0.000504. The van der Waals surface area contributed by atoms with E-state index in [4.69, 9.17) is 9.47 Å². The summed E-state index contributed by atoms with van der Waals surface area (Å²) in [6, 6.07) is 1.21. The van der Waals surface area contributed by atoms with Crippen LogP contribution in [-0.4, -0.2) is 27.6 Å². The summed E-state index contributed by atoms with van der Waals surface area (Å²) < 4.78 is 11.0. The van der Waals surface area contributed by atoms with Crippen LogP contribution in [0.25, 0.3) is 0 Å². The predicted octanol–water partition coefficient (Wildman–Crippen LogP) is 2.80. The molecule has 86 valence electrons. The first kappa shape index (κ1) is 12.8. The van der Waals surface area contributed by atoms with Crippen molar-refractivity contribution < 1.29 is 9.47 Å². The molecule has 1 unspecified atom stereocenters. The van der Waals surface area contributed by atoms with Crippen LogP contribution in [0.2, 0.25) is 19.1 Å². The number of hydrogen-bond acceptors (Lipinski definition) is 2. The molecule has 3 heteroatoms. The predicted molar refractivity (Wildman–Crippen MR) is 65.3 cm³/mol. The maximum absolute atomic E-state index is 5.55. The third-order valence-corrected chi connectivity index (χ3v) is 5.41. The van der Waals surface area contributed by atoms with Gasteiger partial charge in [-0.25, -0.2) is 0 Å². The molecule has 1 aliphatic rings. The van der Waals surface area contributed by atoms with Crippen molar-refractivity contribution in [1.29, 1.82) is 0 Å². The second-order valence-electron chi connectivity index (χ2n) is 4.65. The maximum Gasteiger partial charge on any atom is 0.158 e. The van der Waals surface area contributed by atoms with Crippen molar-refractivity contribution in [2.24, 2.45) is 0 Å². The Labute approximate surface area is 94.4 Å². The molecular weight excluding hydrogens is 204 g/mol. The Morgan fingerprint density at radius 2 is 2.20 bits per heavy atom. The highest BCUT2D eigenvalue weighted by molar-refractivity contribution is 6.85. The Morgan fingerprint density at radius 3 is 2.80 bits per heavy atom. The standard InChI is InChI=1S/C12H22O2Si/c1-4-15(2,3)11-7-10-14-12-8-5-6-9-13-12/h12H,4-6,8-10H2,1-3H3. The molecule has 0 aromatic carbocycles. The zero-order valence-corrected chi connectivity index (χ0v) is 11.1. The highest BCUT2D eigenvalue weighted by Crippen LogP contribution is 2.13. The molecule has 0 aromatic rings. The Kier molecular flexibility index (Phi) is 5.38. The average Bonchev–Trinajstić information content (AvgIpc) is 2.26. The molecule has 1 aliphatic heterocycles. The molecule has 1 rings (SSSR count). The fraction of sp³-hybridized carbons (Fsp3) is 0.833. The molecule has 0 radical (unpaired) electrons. The lowest BCUT2D eigenvalue weighted by Crippen LogP contribution is -2.23. The molecule has 0 bridgehead atoms. The quantitative estimate of drug-likeness (QED) is 0.544. The van der Waals surface area contributed by atoms with Gasteiger partial charge in [0.15, 0.2) is 6.29 Å². The molecule has 1 heterocycles. The van der Waals surface area contributed by atoms with E-state index in [0.29, 0.717) is 6.61 Å². The van der Waals surface area contributed by atoms with E-state index in [1.54, 1.807) is 0 Å². The van der Waals surface area contributed by atoms with Crippen molar-refractivity contribution in [2.75, 3.05) is 13.2 Å². The van der Waals surface area contributed by atoms with E-state index in [2.05, 4.69) is 31.5 Å². The molecule has 0 aliphatic carbocycles. The summed E-state index contributed by atoms with van der Waals surface area (Å²) in [5, 5.41) is 0. The summed E-state index contributed by atoms with van der Waals surface area (Å²) in [6.45, 7) is 8.16. The van der Waals surface area contributed by atoms with Gasteiger partial charge in [-0.1, -0.05) is 25.9 Å². The minimum Gasteiger partial charge on any atom is -0.353 e. The highest BCUT2D eigenvalue weighted by atomic mass is 28.3. The number of ether oxygens (including phenoxy) is 2. The van der Waals surface area contributed by atoms with E-state index in [1.165, 1.54) is 18.9 Å². The molecule has 1 atom stereocenters. The Balaban J connectivity index is 2.19. The molecule has 0 saturated carbocycles. The Morgan fingerprint density at radius 1 is 1.40 bits per heavy atom. The van der Waals surface area contributed by atoms with Gasteiger partial charge < -0.3 is 9.47 Å². The van der Waals surface area contributed by atoms with Crippen molar-refractivity contribution >= 4 is 8.07 Å². The first-order valence-corrected chi connectivity index (χ1v) is 9.08. The van der Waals surface area contributed by atoms with Crippen LogP contribution in [0.5, 0.6) is 0 Å². The van der Waals surface area contributed by atoms with Gasteiger partial charge in [0.2, 0.25) is 0 Å². The summed E-state index contributed by atoms with van der Waals surface area (Å²) in [6.07, 6.45) is 3.41. The highest BCUT2D eigenvalue weighted by Gasteiger charge is 2.15. The first-order chi connectivity index (χ1) is 7.14. The van der Waals surface area contributed by atoms with Crippen LogP contribution in [0.4, 0.5) is 0 Å². The van der Waals surface area contributed by atoms with Crippen molar-refractivity contribution in [3.63, 3.8) is 0 Å². The zero-order valence-electron chi connectivity index (χ0n) is 10.1. The molecular formula is C12H22O2Si. The van der Waals surface area contributed by atoms with E-state index in [9.17, 15) is 0 Å². The van der Waals surface area contributed by atoms with Crippen LogP contribution in [0.1, 0.15) is 26.2 Å². The third kappa shape index (κ3) is 5.36. The lowest BCUT2D eigenvalue weighted by Gasteiger charge is -2.21. The SMILES string of the molecule is CC[Si](C)(C)C#CCOC1CCCCO1. The summed E-state index contributed by atoms with van der Waals surface area (Å²) in [4.78, 5) is 0. The molecule has 0 N–H and O–H groups in total. The second-order valence-corrected chi connectivity index (χ2v) is 9.37. The average molecular weight is 226 g/mol. The van der Waals surface area contributed by atoms with Gasteiger partial charge in [0.25, 0.3) is 0 Å². The summed E-state index contributed by atoms with van der Waals surface area (Å²) in [7, 11) is -1.25. The van der Waals surface area contributed by atoms with Gasteiger partial charge in [-0.15, -0.1) is 5.54 Å². The van der Waals surface area contributed by atoms with Gasteiger partial charge in [0, 0.05) is 6.61 Å². The van der Waals surface area contributed by atoms with Crippen LogP contribution in [0.3, 0.4) is 0 Å². The topological polar surface area (TPSA) is 18.5 Å². The van der Waals surface area contributed by atoms with E-state index in [1.807, 2.05) is 0 Å². The Bertz CT molecular complexity index is 234. The summed E-state index contributed by atoms with van der Waals surface area (Å²) >= 11 is 0. The molecule has 0 amide bonds. The molecule has 1 fully saturated rings. The summed E-state index contributed by atoms with van der Waals surface area (Å²) in [5.41, 5.74) is 3.36. The lowest BCUT2D eigenvalue weighted by atomic mass is 10.2. The van der Waals surface area contributed by atoms with Crippen LogP contribution >= 0.6 is 0 Å². The third-order valence-electron chi connectivity index (χ3n) is 2.79. The Hall–Kier alpha value is -0.303. The molecule has 15 heavy (non-hydrogen) atoms.